The van der Waals surface area contributed by atoms with Crippen LogP contribution >= 0.6 is 0 Å². The molecule has 0 aromatic heterocycles. The first-order chi connectivity index (χ1) is 55.1. The van der Waals surface area contributed by atoms with Crippen molar-refractivity contribution >= 4 is 80.8 Å². The fourth-order valence-electron chi connectivity index (χ4n) is 11.7. The van der Waals surface area contributed by atoms with Crippen molar-refractivity contribution in [2.45, 2.75) is 231 Å². The number of rotatable bonds is 32. The van der Waals surface area contributed by atoms with E-state index < -0.39 is 93.0 Å². The van der Waals surface area contributed by atoms with Crippen LogP contribution in [0.1, 0.15) is 169 Å². The van der Waals surface area contributed by atoms with Crippen LogP contribution in [0.5, 0.6) is 0 Å². The lowest BCUT2D eigenvalue weighted by Gasteiger charge is -2.24. The zero-order valence-corrected chi connectivity index (χ0v) is 80.5. The summed E-state index contributed by atoms with van der Waals surface area (Å²) < 4.78 is 243. The molecule has 664 valence electrons. The van der Waals surface area contributed by atoms with Crippen LogP contribution in [0, 0.1) is 78.1 Å². The van der Waals surface area contributed by atoms with Crippen LogP contribution in [0.25, 0.3) is 44.5 Å². The number of sulfonamides is 2. The van der Waals surface area contributed by atoms with Crippen molar-refractivity contribution in [1.29, 1.82) is 0 Å². The van der Waals surface area contributed by atoms with E-state index in [4.69, 9.17) is 25.1 Å². The molecular formula is C88H122N2O22S8. The predicted octanol–water partition coefficient (Wildman–Crippen LogP) is 18.4. The Morgan fingerprint density at radius 1 is 0.258 bits per heavy atom. The molecule has 0 aliphatic rings. The molecular weight excluding hydrogens is 1690 g/mol. The minimum Gasteiger partial charge on any atom is -0.266 e. The van der Waals surface area contributed by atoms with Crippen LogP contribution in [0.15, 0.2) is 185 Å². The van der Waals surface area contributed by atoms with E-state index >= 15 is 0 Å². The average Bonchev–Trinajstić information content (AvgIpc) is 0.741. The van der Waals surface area contributed by atoms with Crippen LogP contribution in [-0.2, 0) is 106 Å². The van der Waals surface area contributed by atoms with Gasteiger partial charge in [-0.3, -0.25) is 25.1 Å². The van der Waals surface area contributed by atoms with Crippen LogP contribution < -0.4 is 0 Å². The molecule has 0 N–H and O–H groups in total. The van der Waals surface area contributed by atoms with Crippen molar-refractivity contribution in [2.24, 2.45) is 22.7 Å². The Hall–Kier alpha value is -6.96. The Balaban J connectivity index is 0.000000285. The van der Waals surface area contributed by atoms with E-state index in [9.17, 15) is 67.3 Å². The Morgan fingerprint density at radius 3 is 0.592 bits per heavy atom. The van der Waals surface area contributed by atoms with Gasteiger partial charge < -0.3 is 0 Å². The molecule has 0 heterocycles. The van der Waals surface area contributed by atoms with Crippen molar-refractivity contribution in [1.82, 2.24) is 8.61 Å². The van der Waals surface area contributed by atoms with Crippen molar-refractivity contribution in [2.75, 3.05) is 52.6 Å². The first-order valence-electron chi connectivity index (χ1n) is 39.4. The van der Waals surface area contributed by atoms with Crippen LogP contribution in [0.4, 0.5) is 0 Å². The third-order valence-electron chi connectivity index (χ3n) is 17.6. The largest absolute Gasteiger partial charge is 0.297 e. The molecule has 0 aliphatic heterocycles. The second kappa shape index (κ2) is 42.1. The van der Waals surface area contributed by atoms with Gasteiger partial charge in [0.2, 0.25) is 20.0 Å². The quantitative estimate of drug-likeness (QED) is 0.0353. The topological polar surface area (TPSA) is 335 Å². The molecule has 0 bridgehead atoms. The average molecular weight is 1820 g/mol. The van der Waals surface area contributed by atoms with Gasteiger partial charge in [0, 0.05) is 70.7 Å². The highest BCUT2D eigenvalue weighted by Crippen LogP contribution is 2.42. The Labute approximate surface area is 717 Å². The summed E-state index contributed by atoms with van der Waals surface area (Å²) >= 11 is 0. The number of nitrogens with zero attached hydrogens (tertiary/aromatic N) is 2. The summed E-state index contributed by atoms with van der Waals surface area (Å²) in [6.45, 7) is 47.9. The molecule has 0 aliphatic carbocycles. The van der Waals surface area contributed by atoms with E-state index in [1.807, 2.05) is 95.2 Å². The Morgan fingerprint density at radius 2 is 0.425 bits per heavy atom. The zero-order valence-electron chi connectivity index (χ0n) is 74.0. The molecule has 0 atom stereocenters. The lowest BCUT2D eigenvalue weighted by Crippen LogP contribution is -2.32. The fraction of sp³-hybridized carbons (Fsp3) is 0.455. The van der Waals surface area contributed by atoms with Crippen molar-refractivity contribution < 1.29 is 92.4 Å². The summed E-state index contributed by atoms with van der Waals surface area (Å²) in [6, 6.07) is 39.2. The van der Waals surface area contributed by atoms with Gasteiger partial charge in [0.1, 0.15) is 29.4 Å². The maximum absolute atomic E-state index is 13.4. The third-order valence-corrected chi connectivity index (χ3v) is 30.0. The monoisotopic (exact) mass is 1810 g/mol. The second-order valence-corrected chi connectivity index (χ2v) is 46.4. The summed E-state index contributed by atoms with van der Waals surface area (Å²) in [5.74, 6) is 0.0422. The van der Waals surface area contributed by atoms with Crippen LogP contribution in [0.2, 0.25) is 0 Å². The Bertz CT molecular complexity index is 5540. The number of hydrogen-bond acceptors (Lipinski definition) is 22. The van der Waals surface area contributed by atoms with E-state index in [2.05, 4.69) is 0 Å². The minimum absolute atomic E-state index is 0.00351. The fourth-order valence-corrected chi connectivity index (χ4v) is 23.5. The molecule has 8 rings (SSSR count). The summed E-state index contributed by atoms with van der Waals surface area (Å²) in [7, 11) is -32.2. The van der Waals surface area contributed by atoms with Gasteiger partial charge in [-0.15, -0.1) is 0 Å². The normalized spacial score (nSPS) is 12.9. The predicted molar refractivity (Wildman–Crippen MR) is 474 cm³/mol. The van der Waals surface area contributed by atoms with E-state index in [0.717, 1.165) is 22.3 Å². The van der Waals surface area contributed by atoms with Gasteiger partial charge in [0.05, 0.1) is 48.4 Å². The lowest BCUT2D eigenvalue weighted by molar-refractivity contribution is 0.203. The molecule has 32 heteroatoms. The van der Waals surface area contributed by atoms with E-state index in [0.29, 0.717) is 59.6 Å². The maximum Gasteiger partial charge on any atom is 0.297 e. The smallest absolute Gasteiger partial charge is 0.266 e. The summed E-state index contributed by atoms with van der Waals surface area (Å²) in [4.78, 5) is -0.162. The SMILES string of the molecule is CCN(CC)S(=O)(=O)c1cc(C)ccc1-c1ccc(C)cc1S(=O)(=O)N(CC)CC.Cc1ccc(-c2ccc(C)cc2S(=O)(=O)OC(C)C)c(S(=O)(=O)OC(C)C)c1.Cc1ccc(-c2ccc(C)cc2S(=O)(=O)OCC(C)(C)C)c(S(=O)(=O)OCC(C)(C)C)c1.Cc1ccc(-c2ccc(C)cc2S(=O)(=O)OCC(C)C)c(S(=O)(=O)OCC(C)C)c1. The summed E-state index contributed by atoms with van der Waals surface area (Å²) in [5.41, 5.74) is 7.48. The van der Waals surface area contributed by atoms with E-state index in [1.54, 1.807) is 194 Å². The third kappa shape index (κ3) is 28.5. The summed E-state index contributed by atoms with van der Waals surface area (Å²) in [6.07, 6.45) is -1.10. The van der Waals surface area contributed by atoms with Gasteiger partial charge in [-0.2, -0.15) is 59.1 Å². The molecule has 0 saturated heterocycles. The molecule has 0 radical (unpaired) electrons. The molecule has 0 fully saturated rings. The van der Waals surface area contributed by atoms with E-state index in [-0.39, 0.29) is 122 Å². The van der Waals surface area contributed by atoms with Crippen LogP contribution in [-0.4, -0.2) is 141 Å². The number of aryl methyl sites for hydroxylation is 8. The standard InChI is InChI=1S/C24H34O6S2.C22H32N2O4S2.C22H30O6S2.C20H26O6S2/c1-17-9-11-19(21(13-17)31(25,26)29-15-23(3,4)5)20-12-10-18(2)14-22(20)32(27,28)30-16-24(6,7)8;1-7-23(8-2)29(25,26)21-15-17(5)11-13-19(21)20-14-12-18(6)16-22(20)30(27,28)24(9-3)10-4;1-15(2)13-27-29(23,24)21-11-17(5)7-9-19(21)20-10-8-18(6)12-22(20)30(25,26)28-14-16(3)4;1-13(2)25-27(21,22)19-11-15(5)7-9-17(19)18-10-8-16(6)12-20(18)28(23,24)26-14(3)4/h9-14H,15-16H2,1-8H3;11-16H,7-10H2,1-6H3;7-12,15-16H,13-14H2,1-6H3;7-14H,1-6H3. The van der Waals surface area contributed by atoms with Gasteiger partial charge in [0.25, 0.3) is 60.7 Å². The molecule has 120 heavy (non-hydrogen) atoms. The molecule has 0 unspecified atom stereocenters. The zero-order chi connectivity index (χ0) is 91.2. The first kappa shape index (κ1) is 104. The summed E-state index contributed by atoms with van der Waals surface area (Å²) in [5, 5.41) is 0. The molecule has 8 aromatic rings. The highest BCUT2D eigenvalue weighted by Gasteiger charge is 2.35. The lowest BCUT2D eigenvalue weighted by atomic mass is 9.99. The number of benzene rings is 8. The van der Waals surface area contributed by atoms with Gasteiger partial charge in [-0.1, -0.05) is 194 Å². The number of hydrogen-bond donors (Lipinski definition) is 0. The van der Waals surface area contributed by atoms with Crippen molar-refractivity contribution in [3.8, 4) is 44.5 Å². The molecule has 0 spiro atoms. The minimum atomic E-state index is -4.14. The van der Waals surface area contributed by atoms with Gasteiger partial charge in [0.15, 0.2) is 0 Å². The molecule has 24 nitrogen and oxygen atoms in total. The molecule has 0 amide bonds. The first-order valence-corrected chi connectivity index (χ1v) is 50.8. The molecule has 8 aromatic carbocycles. The van der Waals surface area contributed by atoms with E-state index in [1.165, 1.54) is 45.0 Å². The maximum atomic E-state index is 13.4. The van der Waals surface area contributed by atoms with Gasteiger partial charge in [-0.05, 0) is 199 Å². The highest BCUT2D eigenvalue weighted by atomic mass is 32.2. The van der Waals surface area contributed by atoms with Crippen molar-refractivity contribution in [3.05, 3.63) is 190 Å². The van der Waals surface area contributed by atoms with Gasteiger partial charge >= 0.3 is 0 Å². The second-order valence-electron chi connectivity index (χ2n) is 33.2. The van der Waals surface area contributed by atoms with Crippen molar-refractivity contribution in [3.63, 3.8) is 0 Å². The van der Waals surface area contributed by atoms with Gasteiger partial charge in [-0.25, -0.2) is 16.8 Å². The Kier molecular flexibility index (Phi) is 36.4. The van der Waals surface area contributed by atoms with Crippen LogP contribution in [0.3, 0.4) is 0 Å². The highest BCUT2D eigenvalue weighted by molar-refractivity contribution is 7.90. The molecule has 0 saturated carbocycles.